The second-order valence-corrected chi connectivity index (χ2v) is 9.16. The Morgan fingerprint density at radius 2 is 1.67 bits per heavy atom. The summed E-state index contributed by atoms with van der Waals surface area (Å²) in [6.07, 6.45) is 4.66. The highest BCUT2D eigenvalue weighted by molar-refractivity contribution is 7.90. The van der Waals surface area contributed by atoms with E-state index in [4.69, 9.17) is 5.73 Å². The fourth-order valence-corrected chi connectivity index (χ4v) is 4.43. The second kappa shape index (κ2) is 10.2. The number of sulfonamides is 1. The van der Waals surface area contributed by atoms with Crippen LogP contribution in [0.25, 0.3) is 0 Å². The molecule has 1 saturated heterocycles. The Kier molecular flexibility index (Phi) is 7.46. The number of hydrogen-bond donors (Lipinski definition) is 2. The van der Waals surface area contributed by atoms with Gasteiger partial charge in [0.05, 0.1) is 5.75 Å². The van der Waals surface area contributed by atoms with Crippen molar-refractivity contribution in [2.45, 2.75) is 32.1 Å². The van der Waals surface area contributed by atoms with Crippen LogP contribution in [-0.2, 0) is 16.4 Å². The monoisotopic (exact) mass is 428 g/mol. The third-order valence-corrected chi connectivity index (χ3v) is 6.32. The van der Waals surface area contributed by atoms with Crippen molar-refractivity contribution in [2.24, 2.45) is 10.1 Å². The molecule has 0 radical (unpaired) electrons. The normalized spacial score (nSPS) is 15.1. The number of nitrogens with one attached hydrogen (secondary N) is 1. The van der Waals surface area contributed by atoms with Crippen LogP contribution in [0, 0.1) is 0 Å². The van der Waals surface area contributed by atoms with Gasteiger partial charge in [-0.15, -0.1) is 4.40 Å². The van der Waals surface area contributed by atoms with E-state index in [0.29, 0.717) is 18.4 Å². The van der Waals surface area contributed by atoms with E-state index in [2.05, 4.69) is 14.6 Å². The van der Waals surface area contributed by atoms with Gasteiger partial charge in [-0.25, -0.2) is 8.42 Å². The molecule has 8 heteroatoms. The van der Waals surface area contributed by atoms with Gasteiger partial charge in [0.1, 0.15) is 0 Å². The van der Waals surface area contributed by atoms with Crippen LogP contribution in [0.15, 0.2) is 59.0 Å². The summed E-state index contributed by atoms with van der Waals surface area (Å²) in [6.45, 7) is 2.04. The first-order valence-corrected chi connectivity index (χ1v) is 11.8. The van der Waals surface area contributed by atoms with Crippen LogP contribution in [-0.4, -0.2) is 39.1 Å². The van der Waals surface area contributed by atoms with Gasteiger partial charge >= 0.3 is 0 Å². The molecule has 0 saturated carbocycles. The number of anilines is 1. The number of piperidine rings is 1. The first-order valence-electron chi connectivity index (χ1n) is 10.2. The molecule has 30 heavy (non-hydrogen) atoms. The van der Waals surface area contributed by atoms with Crippen molar-refractivity contribution >= 4 is 27.6 Å². The molecule has 160 valence electrons. The molecule has 3 rings (SSSR count). The summed E-state index contributed by atoms with van der Waals surface area (Å²) in [5, 5.41) is 2.36. The summed E-state index contributed by atoms with van der Waals surface area (Å²) in [6, 6.07) is 16.8. The summed E-state index contributed by atoms with van der Waals surface area (Å²) in [5.41, 5.74) is 8.20. The maximum atomic E-state index is 12.3. The molecule has 0 bridgehead atoms. The van der Waals surface area contributed by atoms with E-state index in [9.17, 15) is 13.2 Å². The van der Waals surface area contributed by atoms with Gasteiger partial charge in [0.25, 0.3) is 15.9 Å². The largest absolute Gasteiger partial charge is 0.372 e. The maximum absolute atomic E-state index is 12.3. The van der Waals surface area contributed by atoms with E-state index in [0.717, 1.165) is 24.3 Å². The summed E-state index contributed by atoms with van der Waals surface area (Å²) >= 11 is 0. The molecule has 0 unspecified atom stereocenters. The fourth-order valence-electron chi connectivity index (χ4n) is 3.49. The average Bonchev–Trinajstić information content (AvgIpc) is 2.74. The van der Waals surface area contributed by atoms with Crippen molar-refractivity contribution in [1.29, 1.82) is 0 Å². The van der Waals surface area contributed by atoms with E-state index in [1.54, 1.807) is 12.1 Å². The molecule has 2 aromatic carbocycles. The third-order valence-electron chi connectivity index (χ3n) is 5.04. The summed E-state index contributed by atoms with van der Waals surface area (Å²) in [4.78, 5) is 14.6. The topological polar surface area (TPSA) is 105 Å². The number of benzene rings is 2. The van der Waals surface area contributed by atoms with Gasteiger partial charge in [0.2, 0.25) is 5.96 Å². The average molecular weight is 429 g/mol. The molecule has 1 aliphatic heterocycles. The zero-order valence-corrected chi connectivity index (χ0v) is 17.8. The molecule has 1 fully saturated rings. The number of amides is 1. The highest BCUT2D eigenvalue weighted by atomic mass is 32.2. The molecule has 1 aliphatic rings. The van der Waals surface area contributed by atoms with Gasteiger partial charge in [-0.3, -0.25) is 10.1 Å². The Hall–Kier alpha value is -2.87. The van der Waals surface area contributed by atoms with E-state index in [1.807, 2.05) is 42.5 Å². The Labute approximate surface area is 178 Å². The number of nitrogens with two attached hydrogens (primary N) is 1. The minimum absolute atomic E-state index is 0.136. The third kappa shape index (κ3) is 6.59. The first kappa shape index (κ1) is 21.8. The van der Waals surface area contributed by atoms with Crippen LogP contribution in [0.5, 0.6) is 0 Å². The van der Waals surface area contributed by atoms with Crippen LogP contribution in [0.3, 0.4) is 0 Å². The van der Waals surface area contributed by atoms with Gasteiger partial charge in [-0.05, 0) is 61.9 Å². The lowest BCUT2D eigenvalue weighted by Crippen LogP contribution is -2.37. The lowest BCUT2D eigenvalue weighted by atomic mass is 10.1. The maximum Gasteiger partial charge on any atom is 0.257 e. The predicted octanol–water partition coefficient (Wildman–Crippen LogP) is 2.68. The van der Waals surface area contributed by atoms with Crippen molar-refractivity contribution in [3.63, 3.8) is 0 Å². The highest BCUT2D eigenvalue weighted by Crippen LogP contribution is 2.20. The van der Waals surface area contributed by atoms with Crippen LogP contribution < -0.4 is 16.0 Å². The number of hydrogen-bond acceptors (Lipinski definition) is 4. The molecule has 1 heterocycles. The molecule has 3 N–H and O–H groups in total. The van der Waals surface area contributed by atoms with Crippen molar-refractivity contribution in [3.8, 4) is 0 Å². The number of carbonyl (C=O) groups excluding carboxylic acids is 1. The Balaban J connectivity index is 1.52. The minimum atomic E-state index is -3.76. The van der Waals surface area contributed by atoms with E-state index in [-0.39, 0.29) is 5.75 Å². The van der Waals surface area contributed by atoms with E-state index in [1.165, 1.54) is 19.3 Å². The number of nitrogens with zero attached hydrogens (tertiary/aromatic N) is 2. The molecule has 0 spiro atoms. The second-order valence-electron chi connectivity index (χ2n) is 7.40. The van der Waals surface area contributed by atoms with Crippen LogP contribution in [0.2, 0.25) is 0 Å². The number of guanidine groups is 1. The van der Waals surface area contributed by atoms with Crippen LogP contribution in [0.1, 0.15) is 41.6 Å². The van der Waals surface area contributed by atoms with Crippen molar-refractivity contribution in [3.05, 3.63) is 65.7 Å². The lowest BCUT2D eigenvalue weighted by Gasteiger charge is -2.28. The molecule has 7 nitrogen and oxygen atoms in total. The summed E-state index contributed by atoms with van der Waals surface area (Å²) in [7, 11) is -3.76. The summed E-state index contributed by atoms with van der Waals surface area (Å²) < 4.78 is 27.8. The minimum Gasteiger partial charge on any atom is -0.372 e. The number of aryl methyl sites for hydroxylation is 1. The zero-order chi connectivity index (χ0) is 21.4. The Morgan fingerprint density at radius 1 is 1.00 bits per heavy atom. The van der Waals surface area contributed by atoms with E-state index >= 15 is 0 Å². The zero-order valence-electron chi connectivity index (χ0n) is 17.0. The molecule has 0 atom stereocenters. The standard InChI is InChI=1S/C22H28N4O3S/c23-22(25-30(28,29)17-7-10-18-8-3-1-4-9-18)24-21(27)19-11-13-20(14-12-19)26-15-5-2-6-16-26/h1,3-4,8-9,11-14H,2,5-7,10,15-17H2,(H3,23,24,25,27). The van der Waals surface area contributed by atoms with Gasteiger partial charge in [0.15, 0.2) is 0 Å². The molecular formula is C22H28N4O3S. The van der Waals surface area contributed by atoms with Crippen LogP contribution >= 0.6 is 0 Å². The fraction of sp³-hybridized carbons (Fsp3) is 0.364. The van der Waals surface area contributed by atoms with Gasteiger partial charge in [0, 0.05) is 24.3 Å². The van der Waals surface area contributed by atoms with Crippen LogP contribution in [0.4, 0.5) is 5.69 Å². The first-order chi connectivity index (χ1) is 14.4. The Bertz CT molecular complexity index is 967. The van der Waals surface area contributed by atoms with Crippen molar-refractivity contribution in [2.75, 3.05) is 23.7 Å². The smallest absolute Gasteiger partial charge is 0.257 e. The summed E-state index contributed by atoms with van der Waals surface area (Å²) in [5.74, 6) is -1.04. The molecule has 0 aliphatic carbocycles. The molecular weight excluding hydrogens is 400 g/mol. The molecule has 0 aromatic heterocycles. The number of rotatable bonds is 7. The Morgan fingerprint density at radius 3 is 2.33 bits per heavy atom. The van der Waals surface area contributed by atoms with Gasteiger partial charge in [-0.2, -0.15) is 0 Å². The predicted molar refractivity (Wildman–Crippen MR) is 120 cm³/mol. The number of carbonyl (C=O) groups is 1. The van der Waals surface area contributed by atoms with Gasteiger partial charge in [-0.1, -0.05) is 30.3 Å². The van der Waals surface area contributed by atoms with E-state index < -0.39 is 21.9 Å². The quantitative estimate of drug-likeness (QED) is 0.521. The highest BCUT2D eigenvalue weighted by Gasteiger charge is 2.14. The molecule has 1 amide bonds. The molecule has 2 aromatic rings. The van der Waals surface area contributed by atoms with Gasteiger partial charge < -0.3 is 10.6 Å². The lowest BCUT2D eigenvalue weighted by molar-refractivity contribution is 0.0977. The van der Waals surface area contributed by atoms with Crippen molar-refractivity contribution in [1.82, 2.24) is 5.32 Å². The SMILES string of the molecule is N/C(=N/S(=O)(=O)CCCc1ccccc1)NC(=O)c1ccc(N2CCCCC2)cc1. The van der Waals surface area contributed by atoms with Crippen molar-refractivity contribution < 1.29 is 13.2 Å².